The minimum absolute atomic E-state index is 0.0537. The fourth-order valence-electron chi connectivity index (χ4n) is 3.97. The number of ether oxygens (including phenoxy) is 2. The quantitative estimate of drug-likeness (QED) is 0.648. The maximum absolute atomic E-state index is 13.6. The third-order valence-corrected chi connectivity index (χ3v) is 7.62. The zero-order valence-corrected chi connectivity index (χ0v) is 19.4. The first-order valence-electron chi connectivity index (χ1n) is 10.5. The largest absolute Gasteiger partial charge is 0.497 e. The number of hydrogen-bond acceptors (Lipinski definition) is 6. The lowest BCUT2D eigenvalue weighted by atomic mass is 9.91. The van der Waals surface area contributed by atoms with Gasteiger partial charge in [0.25, 0.3) is 10.0 Å². The topological polar surface area (TPSA) is 96.4 Å². The molecule has 0 aliphatic heterocycles. The number of rotatable bonds is 8. The number of amides is 1. The zero-order valence-electron chi connectivity index (χ0n) is 18.6. The highest BCUT2D eigenvalue weighted by Crippen LogP contribution is 2.36. The Kier molecular flexibility index (Phi) is 7.63. The summed E-state index contributed by atoms with van der Waals surface area (Å²) >= 11 is 0. The molecule has 1 saturated carbocycles. The maximum Gasteiger partial charge on any atom is 0.264 e. The van der Waals surface area contributed by atoms with Gasteiger partial charge in [0.15, 0.2) is 0 Å². The third-order valence-electron chi connectivity index (χ3n) is 5.85. The highest BCUT2D eigenvalue weighted by Gasteiger charge is 2.34. The lowest BCUT2D eigenvalue weighted by molar-refractivity contribution is -0.133. The lowest BCUT2D eigenvalue weighted by Crippen LogP contribution is -2.50. The first kappa shape index (κ1) is 23.9. The monoisotopic (exact) mass is 462 g/mol. The first-order valence-corrected chi connectivity index (χ1v) is 12.0. The Hall–Kier alpha value is -2.78. The van der Waals surface area contributed by atoms with Crippen LogP contribution in [0.2, 0.25) is 0 Å². The molecule has 32 heavy (non-hydrogen) atoms. The molecule has 0 saturated heterocycles. The van der Waals surface area contributed by atoms with Crippen molar-refractivity contribution >= 4 is 21.6 Å². The average Bonchev–Trinajstić information content (AvgIpc) is 2.82. The van der Waals surface area contributed by atoms with Crippen molar-refractivity contribution in [2.75, 3.05) is 32.1 Å². The van der Waals surface area contributed by atoms with E-state index >= 15 is 0 Å². The highest BCUT2D eigenvalue weighted by atomic mass is 32.2. The second-order valence-corrected chi connectivity index (χ2v) is 9.65. The summed E-state index contributed by atoms with van der Waals surface area (Å²) in [6.07, 6.45) is 2.50. The predicted molar refractivity (Wildman–Crippen MR) is 122 cm³/mol. The van der Waals surface area contributed by atoms with Crippen LogP contribution in [0.15, 0.2) is 53.4 Å². The summed E-state index contributed by atoms with van der Waals surface area (Å²) in [5, 5.41) is 10.4. The molecule has 9 heteroatoms. The van der Waals surface area contributed by atoms with Crippen LogP contribution in [-0.4, -0.2) is 64.3 Å². The van der Waals surface area contributed by atoms with Gasteiger partial charge in [-0.05, 0) is 37.1 Å². The summed E-state index contributed by atoms with van der Waals surface area (Å²) in [6.45, 7) is -0.444. The molecule has 2 atom stereocenters. The number of nitrogens with zero attached hydrogens (tertiary/aromatic N) is 2. The van der Waals surface area contributed by atoms with E-state index in [-0.39, 0.29) is 16.6 Å². The van der Waals surface area contributed by atoms with Crippen LogP contribution >= 0.6 is 0 Å². The van der Waals surface area contributed by atoms with E-state index in [2.05, 4.69) is 0 Å². The second-order valence-electron chi connectivity index (χ2n) is 7.79. The minimum Gasteiger partial charge on any atom is -0.497 e. The molecule has 0 aromatic heterocycles. The summed E-state index contributed by atoms with van der Waals surface area (Å²) in [6, 6.07) is 12.4. The molecular formula is C23H30N2O6S. The smallest absolute Gasteiger partial charge is 0.264 e. The van der Waals surface area contributed by atoms with Crippen molar-refractivity contribution in [3.05, 3.63) is 48.5 Å². The molecule has 1 amide bonds. The third kappa shape index (κ3) is 4.99. The summed E-state index contributed by atoms with van der Waals surface area (Å²) < 4.78 is 38.9. The fraction of sp³-hybridized carbons (Fsp3) is 0.435. The van der Waals surface area contributed by atoms with Gasteiger partial charge in [0, 0.05) is 13.1 Å². The van der Waals surface area contributed by atoms with Gasteiger partial charge >= 0.3 is 0 Å². The average molecular weight is 463 g/mol. The van der Waals surface area contributed by atoms with Crippen LogP contribution in [0.4, 0.5) is 5.69 Å². The summed E-state index contributed by atoms with van der Waals surface area (Å²) in [4.78, 5) is 14.8. The Balaban J connectivity index is 2.03. The van der Waals surface area contributed by atoms with Crippen LogP contribution in [0.25, 0.3) is 0 Å². The van der Waals surface area contributed by atoms with E-state index in [0.717, 1.165) is 17.1 Å². The lowest BCUT2D eigenvalue weighted by Gasteiger charge is -2.36. The summed E-state index contributed by atoms with van der Waals surface area (Å²) in [5.41, 5.74) is 0.196. The molecule has 1 aliphatic carbocycles. The van der Waals surface area contributed by atoms with Gasteiger partial charge in [-0.3, -0.25) is 9.10 Å². The number of methoxy groups -OCH3 is 2. The van der Waals surface area contributed by atoms with Crippen LogP contribution in [0.3, 0.4) is 0 Å². The van der Waals surface area contributed by atoms with Gasteiger partial charge in [0.2, 0.25) is 5.91 Å². The van der Waals surface area contributed by atoms with Crippen LogP contribution in [-0.2, 0) is 14.8 Å². The Morgan fingerprint density at radius 3 is 2.38 bits per heavy atom. The van der Waals surface area contributed by atoms with Gasteiger partial charge in [-0.15, -0.1) is 0 Å². The fourth-order valence-corrected chi connectivity index (χ4v) is 5.41. The highest BCUT2D eigenvalue weighted by molar-refractivity contribution is 7.92. The molecule has 1 fully saturated rings. The van der Waals surface area contributed by atoms with Crippen LogP contribution in [0, 0.1) is 0 Å². The van der Waals surface area contributed by atoms with E-state index < -0.39 is 28.6 Å². The van der Waals surface area contributed by atoms with Crippen LogP contribution < -0.4 is 13.8 Å². The number of aliphatic hydroxyl groups excluding tert-OH is 1. The molecule has 0 radical (unpaired) electrons. The number of carbonyl (C=O) groups is 1. The van der Waals surface area contributed by atoms with Crippen molar-refractivity contribution in [3.8, 4) is 11.5 Å². The summed E-state index contributed by atoms with van der Waals surface area (Å²) in [7, 11) is 0.425. The zero-order chi connectivity index (χ0) is 23.3. The van der Waals surface area contributed by atoms with Crippen LogP contribution in [0.1, 0.15) is 25.7 Å². The number of likely N-dealkylation sites (N-methyl/N-ethyl adjacent to an activating group) is 1. The predicted octanol–water partition coefficient (Wildman–Crippen LogP) is 2.66. The van der Waals surface area contributed by atoms with Crippen molar-refractivity contribution in [3.63, 3.8) is 0 Å². The Bertz CT molecular complexity index is 1030. The van der Waals surface area contributed by atoms with Gasteiger partial charge < -0.3 is 19.5 Å². The van der Waals surface area contributed by atoms with Gasteiger partial charge in [-0.25, -0.2) is 8.42 Å². The van der Waals surface area contributed by atoms with Gasteiger partial charge in [-0.1, -0.05) is 31.0 Å². The van der Waals surface area contributed by atoms with Crippen molar-refractivity contribution in [2.45, 2.75) is 42.7 Å². The van der Waals surface area contributed by atoms with Gasteiger partial charge in [0.05, 0.1) is 36.9 Å². The Morgan fingerprint density at radius 1 is 1.06 bits per heavy atom. The van der Waals surface area contributed by atoms with E-state index in [1.165, 1.54) is 37.3 Å². The molecule has 2 aromatic carbocycles. The minimum atomic E-state index is -4.10. The van der Waals surface area contributed by atoms with Gasteiger partial charge in [0.1, 0.15) is 18.0 Å². The molecule has 2 unspecified atom stereocenters. The number of sulfonamides is 1. The second kappa shape index (κ2) is 10.2. The van der Waals surface area contributed by atoms with E-state index in [0.29, 0.717) is 24.3 Å². The molecule has 8 nitrogen and oxygen atoms in total. The Morgan fingerprint density at radius 2 is 1.75 bits per heavy atom. The number of hydrogen-bond donors (Lipinski definition) is 1. The molecule has 0 spiro atoms. The van der Waals surface area contributed by atoms with E-state index in [1.807, 2.05) is 0 Å². The maximum atomic E-state index is 13.6. The summed E-state index contributed by atoms with van der Waals surface area (Å²) in [5.74, 6) is 0.302. The number of anilines is 1. The standard InChI is InChI=1S/C23H30N2O6S/c1-24(19-11-7-8-12-21(19)26)23(27)16-25(32(28,29)18-9-5-4-6-10-18)20-15-17(30-2)13-14-22(20)31-3/h4-6,9-10,13-15,19,21,26H,7-8,11-12,16H2,1-3H3. The van der Waals surface area contributed by atoms with Crippen molar-refractivity contribution in [1.29, 1.82) is 0 Å². The van der Waals surface area contributed by atoms with Crippen molar-refractivity contribution in [1.82, 2.24) is 4.90 Å². The van der Waals surface area contributed by atoms with Gasteiger partial charge in [-0.2, -0.15) is 0 Å². The SMILES string of the molecule is COc1ccc(OC)c(N(CC(=O)N(C)C2CCCCC2O)S(=O)(=O)c2ccccc2)c1. The van der Waals surface area contributed by atoms with Crippen molar-refractivity contribution in [2.24, 2.45) is 0 Å². The van der Waals surface area contributed by atoms with E-state index in [4.69, 9.17) is 9.47 Å². The molecule has 3 rings (SSSR count). The van der Waals surface area contributed by atoms with E-state index in [9.17, 15) is 18.3 Å². The number of aliphatic hydroxyl groups is 1. The molecular weight excluding hydrogens is 432 g/mol. The number of benzene rings is 2. The van der Waals surface area contributed by atoms with Crippen molar-refractivity contribution < 1.29 is 27.8 Å². The Labute approximate surface area is 189 Å². The molecule has 0 bridgehead atoms. The van der Waals surface area contributed by atoms with Crippen LogP contribution in [0.5, 0.6) is 11.5 Å². The van der Waals surface area contributed by atoms with E-state index in [1.54, 1.807) is 37.4 Å². The normalized spacial score (nSPS) is 18.6. The molecule has 1 N–H and O–H groups in total. The molecule has 2 aromatic rings. The first-order chi connectivity index (χ1) is 15.3. The molecule has 0 heterocycles. The molecule has 174 valence electrons. The molecule has 1 aliphatic rings. The number of carbonyl (C=O) groups excluding carboxylic acids is 1.